The molecule has 5 nitrogen and oxygen atoms in total. The Morgan fingerprint density at radius 3 is 2.71 bits per heavy atom. The average molecular weight is 455 g/mol. The predicted octanol–water partition coefficient (Wildman–Crippen LogP) is 5.52. The van der Waals surface area contributed by atoms with Gasteiger partial charge in [0.2, 0.25) is 5.13 Å². The number of H-pyrrole nitrogens is 1. The third-order valence-corrected chi connectivity index (χ3v) is 6.67. The molecule has 0 aliphatic carbocycles. The maximum atomic E-state index is 13.0. The van der Waals surface area contributed by atoms with Crippen molar-refractivity contribution in [1.29, 1.82) is 0 Å². The van der Waals surface area contributed by atoms with Crippen LogP contribution in [-0.4, -0.2) is 21.0 Å². The average Bonchev–Trinajstić information content (AvgIpc) is 3.18. The minimum Gasteiger partial charge on any atom is -0.295 e. The van der Waals surface area contributed by atoms with Gasteiger partial charge in [-0.2, -0.15) is 0 Å². The van der Waals surface area contributed by atoms with Crippen LogP contribution in [0.25, 0.3) is 15.9 Å². The van der Waals surface area contributed by atoms with Gasteiger partial charge in [-0.05, 0) is 68.7 Å². The van der Waals surface area contributed by atoms with Crippen molar-refractivity contribution in [2.24, 2.45) is 4.99 Å². The molecule has 7 heteroatoms. The molecule has 0 saturated heterocycles. The molecular formula is C21H19BrN4OS. The largest absolute Gasteiger partial charge is 0.295 e. The fourth-order valence-electron chi connectivity index (χ4n) is 3.09. The minimum atomic E-state index is -0.122. The second-order valence-electron chi connectivity index (χ2n) is 6.83. The van der Waals surface area contributed by atoms with Crippen LogP contribution < -0.4 is 5.56 Å². The SMILES string of the molecule is Cc1ccc2nc(N=Cc3c(C)[nH]n(-c4ccc(Br)c(C)c4C)c3=O)sc2c1. The lowest BCUT2D eigenvalue weighted by molar-refractivity contribution is 0.827. The zero-order chi connectivity index (χ0) is 20.0. The van der Waals surface area contributed by atoms with Gasteiger partial charge in [0.25, 0.3) is 5.56 Å². The van der Waals surface area contributed by atoms with Gasteiger partial charge in [0.05, 0.1) is 21.5 Å². The first-order valence-corrected chi connectivity index (χ1v) is 10.4. The predicted molar refractivity (Wildman–Crippen MR) is 120 cm³/mol. The number of benzene rings is 2. The summed E-state index contributed by atoms with van der Waals surface area (Å²) in [6.45, 7) is 7.97. The molecule has 4 rings (SSSR count). The number of aromatic nitrogens is 3. The zero-order valence-electron chi connectivity index (χ0n) is 16.0. The molecule has 0 aliphatic heterocycles. The highest BCUT2D eigenvalue weighted by atomic mass is 79.9. The van der Waals surface area contributed by atoms with E-state index in [2.05, 4.69) is 44.0 Å². The van der Waals surface area contributed by atoms with E-state index in [0.29, 0.717) is 10.7 Å². The maximum Gasteiger partial charge on any atom is 0.280 e. The van der Waals surface area contributed by atoms with Crippen molar-refractivity contribution in [2.75, 3.05) is 0 Å². The molecule has 0 amide bonds. The van der Waals surface area contributed by atoms with Gasteiger partial charge >= 0.3 is 0 Å². The van der Waals surface area contributed by atoms with Gasteiger partial charge in [-0.1, -0.05) is 33.3 Å². The van der Waals surface area contributed by atoms with Crippen molar-refractivity contribution in [3.8, 4) is 5.69 Å². The van der Waals surface area contributed by atoms with E-state index < -0.39 is 0 Å². The van der Waals surface area contributed by atoms with Crippen LogP contribution in [0.4, 0.5) is 5.13 Å². The Morgan fingerprint density at radius 2 is 1.93 bits per heavy atom. The van der Waals surface area contributed by atoms with E-state index in [0.717, 1.165) is 37.2 Å². The summed E-state index contributed by atoms with van der Waals surface area (Å²) in [6.07, 6.45) is 1.61. The van der Waals surface area contributed by atoms with Crippen LogP contribution in [0.2, 0.25) is 0 Å². The van der Waals surface area contributed by atoms with Gasteiger partial charge in [-0.25, -0.2) is 14.7 Å². The molecule has 1 N–H and O–H groups in total. The zero-order valence-corrected chi connectivity index (χ0v) is 18.4. The Balaban J connectivity index is 1.74. The normalized spacial score (nSPS) is 11.8. The fraction of sp³-hybridized carbons (Fsp3) is 0.190. The summed E-state index contributed by atoms with van der Waals surface area (Å²) in [5.41, 5.74) is 6.29. The van der Waals surface area contributed by atoms with E-state index in [9.17, 15) is 4.79 Å². The summed E-state index contributed by atoms with van der Waals surface area (Å²) >= 11 is 5.05. The number of aryl methyl sites for hydroxylation is 2. The monoisotopic (exact) mass is 454 g/mol. The minimum absolute atomic E-state index is 0.122. The lowest BCUT2D eigenvalue weighted by Crippen LogP contribution is -2.18. The smallest absolute Gasteiger partial charge is 0.280 e. The number of nitrogens with zero attached hydrogens (tertiary/aromatic N) is 3. The lowest BCUT2D eigenvalue weighted by atomic mass is 10.1. The molecule has 4 aromatic rings. The van der Waals surface area contributed by atoms with Gasteiger partial charge in [0.1, 0.15) is 0 Å². The Labute approximate surface area is 174 Å². The number of nitrogens with one attached hydrogen (secondary N) is 1. The second-order valence-corrected chi connectivity index (χ2v) is 8.70. The number of hydrogen-bond acceptors (Lipinski definition) is 4. The third-order valence-electron chi connectivity index (χ3n) is 4.89. The van der Waals surface area contributed by atoms with Crippen molar-refractivity contribution < 1.29 is 0 Å². The highest BCUT2D eigenvalue weighted by Gasteiger charge is 2.14. The molecule has 0 saturated carbocycles. The molecule has 2 heterocycles. The molecule has 142 valence electrons. The molecule has 0 atom stereocenters. The van der Waals surface area contributed by atoms with Crippen molar-refractivity contribution in [3.05, 3.63) is 73.1 Å². The van der Waals surface area contributed by atoms with Crippen LogP contribution in [-0.2, 0) is 0 Å². The number of halogens is 1. The van der Waals surface area contributed by atoms with Crippen LogP contribution in [0.1, 0.15) is 27.9 Å². The lowest BCUT2D eigenvalue weighted by Gasteiger charge is -2.10. The number of aliphatic imine (C=N–C) groups is 1. The first-order chi connectivity index (χ1) is 13.3. The van der Waals surface area contributed by atoms with Crippen LogP contribution in [0.5, 0.6) is 0 Å². The van der Waals surface area contributed by atoms with Crippen LogP contribution in [0, 0.1) is 27.7 Å². The summed E-state index contributed by atoms with van der Waals surface area (Å²) in [5.74, 6) is 0. The quantitative estimate of drug-likeness (QED) is 0.414. The molecule has 0 bridgehead atoms. The Kier molecular flexibility index (Phi) is 4.81. The third kappa shape index (κ3) is 3.25. The second kappa shape index (κ2) is 7.14. The fourth-order valence-corrected chi connectivity index (χ4v) is 4.43. The van der Waals surface area contributed by atoms with E-state index in [4.69, 9.17) is 0 Å². The van der Waals surface area contributed by atoms with E-state index in [1.165, 1.54) is 16.9 Å². The van der Waals surface area contributed by atoms with E-state index in [1.807, 2.05) is 45.0 Å². The molecule has 2 aromatic heterocycles. The first kappa shape index (κ1) is 18.8. The highest BCUT2D eigenvalue weighted by molar-refractivity contribution is 9.10. The van der Waals surface area contributed by atoms with Gasteiger partial charge in [-0.3, -0.25) is 9.89 Å². The van der Waals surface area contributed by atoms with E-state index >= 15 is 0 Å². The molecule has 0 aliphatic rings. The summed E-state index contributed by atoms with van der Waals surface area (Å²) < 4.78 is 3.70. The maximum absolute atomic E-state index is 13.0. The van der Waals surface area contributed by atoms with Crippen molar-refractivity contribution >= 4 is 48.8 Å². The number of rotatable bonds is 3. The number of thiazole rings is 1. The van der Waals surface area contributed by atoms with Crippen LogP contribution in [0.15, 0.2) is 44.6 Å². The molecular weight excluding hydrogens is 436 g/mol. The van der Waals surface area contributed by atoms with Crippen LogP contribution in [0.3, 0.4) is 0 Å². The standard InChI is InChI=1S/C21H19BrN4OS/c1-11-5-7-17-19(9-11)28-21(24-17)23-10-15-14(4)25-26(20(15)27)18-8-6-16(22)12(2)13(18)3/h5-10,25H,1-4H3. The van der Waals surface area contributed by atoms with Gasteiger partial charge < -0.3 is 0 Å². The van der Waals surface area contributed by atoms with Gasteiger partial charge in [-0.15, -0.1) is 0 Å². The summed E-state index contributed by atoms with van der Waals surface area (Å²) in [5, 5.41) is 3.81. The van der Waals surface area contributed by atoms with Crippen molar-refractivity contribution in [2.45, 2.75) is 27.7 Å². The van der Waals surface area contributed by atoms with Crippen molar-refractivity contribution in [1.82, 2.24) is 14.8 Å². The molecule has 28 heavy (non-hydrogen) atoms. The number of fused-ring (bicyclic) bond motifs is 1. The van der Waals surface area contributed by atoms with Crippen molar-refractivity contribution in [3.63, 3.8) is 0 Å². The Morgan fingerprint density at radius 1 is 1.14 bits per heavy atom. The number of hydrogen-bond donors (Lipinski definition) is 1. The summed E-state index contributed by atoms with van der Waals surface area (Å²) in [6, 6.07) is 10.0. The van der Waals surface area contributed by atoms with Gasteiger partial charge in [0, 0.05) is 16.4 Å². The molecule has 2 aromatic carbocycles. The van der Waals surface area contributed by atoms with E-state index in [1.54, 1.807) is 10.9 Å². The highest BCUT2D eigenvalue weighted by Crippen LogP contribution is 2.28. The van der Waals surface area contributed by atoms with E-state index in [-0.39, 0.29) is 5.56 Å². The first-order valence-electron chi connectivity index (χ1n) is 8.84. The molecule has 0 spiro atoms. The summed E-state index contributed by atoms with van der Waals surface area (Å²) in [4.78, 5) is 22.0. The van der Waals surface area contributed by atoms with Gasteiger partial charge in [0.15, 0.2) is 0 Å². The van der Waals surface area contributed by atoms with Crippen LogP contribution >= 0.6 is 27.3 Å². The molecule has 0 fully saturated rings. The molecule has 0 radical (unpaired) electrons. The molecule has 0 unspecified atom stereocenters. The number of aromatic amines is 1. The summed E-state index contributed by atoms with van der Waals surface area (Å²) in [7, 11) is 0. The Hall–Kier alpha value is -2.51. The topological polar surface area (TPSA) is 63.0 Å². The Bertz CT molecular complexity index is 1300.